The van der Waals surface area contributed by atoms with Crippen LogP contribution in [0.25, 0.3) is 0 Å². The van der Waals surface area contributed by atoms with Crippen LogP contribution < -0.4 is 10.6 Å². The van der Waals surface area contributed by atoms with Gasteiger partial charge in [0.25, 0.3) is 0 Å². The first kappa shape index (κ1) is 17.5. The fraction of sp³-hybridized carbons (Fsp3) is 0.357. The van der Waals surface area contributed by atoms with Crippen LogP contribution in [0.1, 0.15) is 22.6 Å². The molecule has 6 heteroatoms. The molecule has 0 fully saturated rings. The van der Waals surface area contributed by atoms with Crippen LogP contribution in [0.4, 0.5) is 0 Å². The molecular formula is C14H20IN3S2. The highest BCUT2D eigenvalue weighted by atomic mass is 127. The normalized spacial score (nSPS) is 12.6. The number of rotatable bonds is 5. The van der Waals surface area contributed by atoms with E-state index in [1.54, 1.807) is 29.7 Å². The summed E-state index contributed by atoms with van der Waals surface area (Å²) in [5.74, 6) is 1.36. The molecule has 0 aromatic carbocycles. The van der Waals surface area contributed by atoms with E-state index in [4.69, 9.17) is 0 Å². The van der Waals surface area contributed by atoms with E-state index in [0.717, 1.165) is 19.0 Å². The van der Waals surface area contributed by atoms with Crippen molar-refractivity contribution in [2.45, 2.75) is 19.4 Å². The van der Waals surface area contributed by atoms with E-state index >= 15 is 0 Å². The number of thiophene rings is 2. The number of hydrogen-bond acceptors (Lipinski definition) is 3. The standard InChI is InChI=1S/C14H19N3S2.HI/c1-11(13-6-4-8-19-13)9-16-14(15-2)17-10-12-5-3-7-18-12;/h3-8,11H,9-10H2,1-2H3,(H2,15,16,17);1H. The van der Waals surface area contributed by atoms with E-state index in [1.807, 2.05) is 0 Å². The van der Waals surface area contributed by atoms with Gasteiger partial charge in [0.15, 0.2) is 5.96 Å². The average Bonchev–Trinajstić information content (AvgIpc) is 3.11. The third-order valence-corrected chi connectivity index (χ3v) is 4.82. The fourth-order valence-corrected chi connectivity index (χ4v) is 3.16. The van der Waals surface area contributed by atoms with Gasteiger partial charge in [0.1, 0.15) is 0 Å². The van der Waals surface area contributed by atoms with Gasteiger partial charge in [0.2, 0.25) is 0 Å². The zero-order valence-electron chi connectivity index (χ0n) is 11.6. The smallest absolute Gasteiger partial charge is 0.191 e. The van der Waals surface area contributed by atoms with Crippen LogP contribution in [-0.2, 0) is 6.54 Å². The van der Waals surface area contributed by atoms with Crippen molar-refractivity contribution in [1.29, 1.82) is 0 Å². The van der Waals surface area contributed by atoms with Crippen molar-refractivity contribution in [2.75, 3.05) is 13.6 Å². The Kier molecular flexibility index (Phi) is 8.16. The van der Waals surface area contributed by atoms with Crippen molar-refractivity contribution < 1.29 is 0 Å². The maximum Gasteiger partial charge on any atom is 0.191 e. The summed E-state index contributed by atoms with van der Waals surface area (Å²) >= 11 is 3.56. The van der Waals surface area contributed by atoms with E-state index in [1.165, 1.54) is 9.75 Å². The highest BCUT2D eigenvalue weighted by Crippen LogP contribution is 2.19. The molecule has 0 aliphatic heterocycles. The zero-order chi connectivity index (χ0) is 13.5. The molecule has 20 heavy (non-hydrogen) atoms. The molecule has 0 aliphatic carbocycles. The summed E-state index contributed by atoms with van der Waals surface area (Å²) in [5.41, 5.74) is 0. The van der Waals surface area contributed by atoms with Crippen molar-refractivity contribution in [3.05, 3.63) is 44.8 Å². The van der Waals surface area contributed by atoms with Gasteiger partial charge in [-0.2, -0.15) is 0 Å². The van der Waals surface area contributed by atoms with Crippen LogP contribution in [0.2, 0.25) is 0 Å². The lowest BCUT2D eigenvalue weighted by molar-refractivity contribution is 0.709. The molecule has 3 nitrogen and oxygen atoms in total. The van der Waals surface area contributed by atoms with Crippen molar-refractivity contribution in [1.82, 2.24) is 10.6 Å². The maximum atomic E-state index is 4.24. The van der Waals surface area contributed by atoms with Gasteiger partial charge in [0.05, 0.1) is 6.54 Å². The molecule has 0 saturated carbocycles. The summed E-state index contributed by atoms with van der Waals surface area (Å²) in [6.45, 7) is 3.95. The lowest BCUT2D eigenvalue weighted by atomic mass is 10.1. The Morgan fingerprint density at radius 2 is 1.95 bits per heavy atom. The Hall–Kier alpha value is -0.600. The van der Waals surface area contributed by atoms with E-state index in [9.17, 15) is 0 Å². The number of guanidine groups is 1. The number of aliphatic imine (C=N–C) groups is 1. The second-order valence-corrected chi connectivity index (χ2v) is 6.31. The van der Waals surface area contributed by atoms with Gasteiger partial charge in [-0.1, -0.05) is 19.1 Å². The second-order valence-electron chi connectivity index (χ2n) is 4.30. The van der Waals surface area contributed by atoms with E-state index in [0.29, 0.717) is 5.92 Å². The Labute approximate surface area is 145 Å². The molecule has 0 spiro atoms. The summed E-state index contributed by atoms with van der Waals surface area (Å²) in [7, 11) is 1.81. The third-order valence-electron chi connectivity index (χ3n) is 2.84. The Morgan fingerprint density at radius 3 is 2.55 bits per heavy atom. The van der Waals surface area contributed by atoms with Gasteiger partial charge in [-0.15, -0.1) is 46.7 Å². The SMILES string of the molecule is CN=C(NCc1cccs1)NCC(C)c1cccs1.I. The lowest BCUT2D eigenvalue weighted by Gasteiger charge is -2.14. The molecule has 0 saturated heterocycles. The molecule has 1 atom stereocenters. The molecule has 2 heterocycles. The monoisotopic (exact) mass is 421 g/mol. The first-order chi connectivity index (χ1) is 9.29. The molecule has 2 N–H and O–H groups in total. The first-order valence-electron chi connectivity index (χ1n) is 6.30. The fourth-order valence-electron chi connectivity index (χ4n) is 1.73. The molecule has 1 unspecified atom stereocenters. The molecule has 2 aromatic rings. The van der Waals surface area contributed by atoms with Crippen LogP contribution in [-0.4, -0.2) is 19.6 Å². The van der Waals surface area contributed by atoms with E-state index < -0.39 is 0 Å². The predicted octanol–water partition coefficient (Wildman–Crippen LogP) is 3.90. The minimum Gasteiger partial charge on any atom is -0.356 e. The summed E-state index contributed by atoms with van der Waals surface area (Å²) < 4.78 is 0. The Morgan fingerprint density at radius 1 is 1.20 bits per heavy atom. The van der Waals surface area contributed by atoms with Crippen LogP contribution in [0.15, 0.2) is 40.0 Å². The number of nitrogens with one attached hydrogen (secondary N) is 2. The summed E-state index contributed by atoms with van der Waals surface area (Å²) in [6, 6.07) is 8.47. The maximum absolute atomic E-state index is 4.24. The largest absolute Gasteiger partial charge is 0.356 e. The van der Waals surface area contributed by atoms with Gasteiger partial charge in [-0.05, 0) is 22.9 Å². The molecule has 110 valence electrons. The van der Waals surface area contributed by atoms with Crippen LogP contribution >= 0.6 is 46.7 Å². The minimum absolute atomic E-state index is 0. The van der Waals surface area contributed by atoms with E-state index in [-0.39, 0.29) is 24.0 Å². The molecule has 2 aromatic heterocycles. The van der Waals surface area contributed by atoms with Crippen molar-refractivity contribution in [2.24, 2.45) is 4.99 Å². The van der Waals surface area contributed by atoms with Crippen LogP contribution in [0.5, 0.6) is 0 Å². The van der Waals surface area contributed by atoms with E-state index in [2.05, 4.69) is 57.6 Å². The Balaban J connectivity index is 0.00000200. The lowest BCUT2D eigenvalue weighted by Crippen LogP contribution is -2.38. The summed E-state index contributed by atoms with van der Waals surface area (Å²) in [5, 5.41) is 10.9. The molecular weight excluding hydrogens is 401 g/mol. The van der Waals surface area contributed by atoms with Crippen molar-refractivity contribution in [3.8, 4) is 0 Å². The number of halogens is 1. The zero-order valence-corrected chi connectivity index (χ0v) is 15.6. The topological polar surface area (TPSA) is 36.4 Å². The second kappa shape index (κ2) is 9.36. The minimum atomic E-state index is 0. The number of nitrogens with zero attached hydrogens (tertiary/aromatic N) is 1. The average molecular weight is 421 g/mol. The third kappa shape index (κ3) is 5.41. The highest BCUT2D eigenvalue weighted by molar-refractivity contribution is 14.0. The molecule has 0 bridgehead atoms. The molecule has 0 amide bonds. The van der Waals surface area contributed by atoms with Gasteiger partial charge in [0, 0.05) is 29.3 Å². The summed E-state index contributed by atoms with van der Waals surface area (Å²) in [6.07, 6.45) is 0. The molecule has 0 radical (unpaired) electrons. The van der Waals surface area contributed by atoms with Gasteiger partial charge in [-0.25, -0.2) is 0 Å². The van der Waals surface area contributed by atoms with Gasteiger partial charge >= 0.3 is 0 Å². The molecule has 2 rings (SSSR count). The molecule has 0 aliphatic rings. The van der Waals surface area contributed by atoms with Crippen LogP contribution in [0, 0.1) is 0 Å². The van der Waals surface area contributed by atoms with Crippen LogP contribution in [0.3, 0.4) is 0 Å². The van der Waals surface area contributed by atoms with Crippen molar-refractivity contribution in [3.63, 3.8) is 0 Å². The number of hydrogen-bond donors (Lipinski definition) is 2. The predicted molar refractivity (Wildman–Crippen MR) is 101 cm³/mol. The van der Waals surface area contributed by atoms with Crippen molar-refractivity contribution >= 4 is 52.6 Å². The van der Waals surface area contributed by atoms with Gasteiger partial charge in [-0.3, -0.25) is 4.99 Å². The highest BCUT2D eigenvalue weighted by Gasteiger charge is 2.07. The first-order valence-corrected chi connectivity index (χ1v) is 8.06. The Bertz CT molecular complexity index is 494. The summed E-state index contributed by atoms with van der Waals surface area (Å²) in [4.78, 5) is 6.96. The quantitative estimate of drug-likeness (QED) is 0.437. The van der Waals surface area contributed by atoms with Gasteiger partial charge < -0.3 is 10.6 Å².